The molecule has 1 amide bonds. The molecule has 3 N–H and O–H groups in total. The second kappa shape index (κ2) is 35.9. The van der Waals surface area contributed by atoms with Gasteiger partial charge in [0.15, 0.2) is 0 Å². The van der Waals surface area contributed by atoms with Gasteiger partial charge in [0.2, 0.25) is 5.91 Å². The molecule has 0 aromatic carbocycles. The Morgan fingerprint density at radius 1 is 0.500 bits per heavy atom. The number of amides is 1. The van der Waals surface area contributed by atoms with Crippen molar-refractivity contribution in [3.63, 3.8) is 0 Å². The van der Waals surface area contributed by atoms with E-state index in [1.165, 1.54) is 165 Å². The van der Waals surface area contributed by atoms with E-state index in [4.69, 9.17) is 10.8 Å². The summed E-state index contributed by atoms with van der Waals surface area (Å²) >= 11 is 0. The van der Waals surface area contributed by atoms with Crippen LogP contribution < -0.4 is 5.73 Å². The quantitative estimate of drug-likeness (QED) is 0.0844. The lowest BCUT2D eigenvalue weighted by atomic mass is 10.0. The van der Waals surface area contributed by atoms with Crippen LogP contribution in [0.2, 0.25) is 0 Å². The monoisotopic (exact) mass is 569 g/mol. The number of hydrogen-bond acceptors (Lipinski definition) is 3. The van der Waals surface area contributed by atoms with Gasteiger partial charge in [0, 0.05) is 13.5 Å². The van der Waals surface area contributed by atoms with Gasteiger partial charge in [-0.05, 0) is 19.4 Å². The second-order valence-corrected chi connectivity index (χ2v) is 12.0. The van der Waals surface area contributed by atoms with Crippen molar-refractivity contribution >= 4 is 11.9 Å². The number of carbonyl (C=O) groups is 2. The van der Waals surface area contributed by atoms with E-state index in [0.717, 1.165) is 19.4 Å². The Hall–Kier alpha value is -1.10. The largest absolute Gasteiger partial charge is 0.480 e. The zero-order chi connectivity index (χ0) is 29.9. The molecular formula is C35H72N2O3. The molecule has 5 nitrogen and oxygen atoms in total. The maximum absolute atomic E-state index is 11.6. The number of nitrogens with zero attached hydrogens (tertiary/aromatic N) is 1. The van der Waals surface area contributed by atoms with Gasteiger partial charge in [-0.15, -0.1) is 0 Å². The molecule has 0 rings (SSSR count). The normalized spacial score (nSPS) is 10.8. The fourth-order valence-electron chi connectivity index (χ4n) is 5.11. The van der Waals surface area contributed by atoms with Crippen molar-refractivity contribution < 1.29 is 14.7 Å². The van der Waals surface area contributed by atoms with Gasteiger partial charge < -0.3 is 15.7 Å². The first kappa shape index (κ1) is 41.0. The van der Waals surface area contributed by atoms with Gasteiger partial charge >= 0.3 is 5.97 Å². The van der Waals surface area contributed by atoms with Crippen LogP contribution in [0.5, 0.6) is 0 Å². The highest BCUT2D eigenvalue weighted by atomic mass is 16.4. The van der Waals surface area contributed by atoms with Crippen LogP contribution in [0.15, 0.2) is 0 Å². The SMILES string of the molecule is CCCCCCCCCCCCCC(=O)N(C)CC(=O)O.CCCCCCCCCCCCCCCCCCN. The summed E-state index contributed by atoms with van der Waals surface area (Å²) in [6, 6.07) is 0. The lowest BCUT2D eigenvalue weighted by Gasteiger charge is -2.14. The lowest BCUT2D eigenvalue weighted by Crippen LogP contribution is -2.31. The molecule has 0 aliphatic carbocycles. The predicted octanol–water partition coefficient (Wildman–Crippen LogP) is 10.4. The fourth-order valence-corrected chi connectivity index (χ4v) is 5.11. The van der Waals surface area contributed by atoms with Gasteiger partial charge in [0.25, 0.3) is 0 Å². The molecule has 240 valence electrons. The van der Waals surface area contributed by atoms with Gasteiger partial charge in [-0.3, -0.25) is 9.59 Å². The Morgan fingerprint density at radius 2 is 0.775 bits per heavy atom. The second-order valence-electron chi connectivity index (χ2n) is 12.0. The Kier molecular flexibility index (Phi) is 36.9. The van der Waals surface area contributed by atoms with Gasteiger partial charge in [0.1, 0.15) is 6.54 Å². The lowest BCUT2D eigenvalue weighted by molar-refractivity contribution is -0.143. The Bertz CT molecular complexity index is 497. The van der Waals surface area contributed by atoms with E-state index < -0.39 is 5.97 Å². The van der Waals surface area contributed by atoms with Crippen LogP contribution in [0.25, 0.3) is 0 Å². The van der Waals surface area contributed by atoms with E-state index in [0.29, 0.717) is 6.42 Å². The summed E-state index contributed by atoms with van der Waals surface area (Å²) in [6.07, 6.45) is 37.1. The molecule has 0 aliphatic heterocycles. The molecule has 0 radical (unpaired) electrons. The van der Waals surface area contributed by atoms with Crippen molar-refractivity contribution in [1.82, 2.24) is 4.90 Å². The van der Waals surface area contributed by atoms with Gasteiger partial charge in [0.05, 0.1) is 0 Å². The topological polar surface area (TPSA) is 83.6 Å². The summed E-state index contributed by atoms with van der Waals surface area (Å²) in [5, 5.41) is 8.60. The molecule has 0 bridgehead atoms. The maximum atomic E-state index is 11.6. The van der Waals surface area contributed by atoms with Crippen molar-refractivity contribution in [2.75, 3.05) is 20.1 Å². The third-order valence-electron chi connectivity index (χ3n) is 7.85. The Morgan fingerprint density at radius 3 is 1.05 bits per heavy atom. The summed E-state index contributed by atoms with van der Waals surface area (Å²) in [6.45, 7) is 5.21. The molecule has 0 saturated heterocycles. The minimum Gasteiger partial charge on any atom is -0.480 e. The summed E-state index contributed by atoms with van der Waals surface area (Å²) in [7, 11) is 1.55. The zero-order valence-electron chi connectivity index (χ0n) is 27.5. The molecule has 0 aliphatic rings. The zero-order valence-corrected chi connectivity index (χ0v) is 27.5. The molecule has 0 aromatic rings. The molecule has 5 heteroatoms. The molecule has 0 atom stereocenters. The highest BCUT2D eigenvalue weighted by molar-refractivity contribution is 5.80. The van der Waals surface area contributed by atoms with Crippen LogP contribution in [-0.4, -0.2) is 42.0 Å². The van der Waals surface area contributed by atoms with Gasteiger partial charge in [-0.2, -0.15) is 0 Å². The average molecular weight is 569 g/mol. The number of carboxylic acids is 1. The Balaban J connectivity index is 0. The first-order chi connectivity index (χ1) is 19.5. The number of likely N-dealkylation sites (N-methyl/N-ethyl adjacent to an activating group) is 1. The molecule has 40 heavy (non-hydrogen) atoms. The summed E-state index contributed by atoms with van der Waals surface area (Å²) in [5.74, 6) is -1.02. The minimum atomic E-state index is -0.954. The van der Waals surface area contributed by atoms with Crippen LogP contribution in [0.4, 0.5) is 0 Å². The molecule has 0 heterocycles. The highest BCUT2D eigenvalue weighted by Gasteiger charge is 2.11. The number of carbonyl (C=O) groups excluding carboxylic acids is 1. The van der Waals surface area contributed by atoms with Crippen molar-refractivity contribution in [2.45, 2.75) is 194 Å². The number of hydrogen-bond donors (Lipinski definition) is 2. The van der Waals surface area contributed by atoms with Crippen LogP contribution in [0.3, 0.4) is 0 Å². The third kappa shape index (κ3) is 36.9. The summed E-state index contributed by atoms with van der Waals surface area (Å²) < 4.78 is 0. The third-order valence-corrected chi connectivity index (χ3v) is 7.85. The van der Waals surface area contributed by atoms with Crippen LogP contribution >= 0.6 is 0 Å². The van der Waals surface area contributed by atoms with E-state index in [-0.39, 0.29) is 12.5 Å². The predicted molar refractivity (Wildman–Crippen MR) is 175 cm³/mol. The average Bonchev–Trinajstić information content (AvgIpc) is 2.93. The van der Waals surface area contributed by atoms with Gasteiger partial charge in [-0.1, -0.05) is 174 Å². The van der Waals surface area contributed by atoms with Crippen molar-refractivity contribution in [1.29, 1.82) is 0 Å². The smallest absolute Gasteiger partial charge is 0.323 e. The van der Waals surface area contributed by atoms with E-state index >= 15 is 0 Å². The van der Waals surface area contributed by atoms with E-state index in [1.54, 1.807) is 7.05 Å². The molecule has 0 fully saturated rings. The molecule has 0 spiro atoms. The number of carboxylic acid groups (broad SMARTS) is 1. The summed E-state index contributed by atoms with van der Waals surface area (Å²) in [4.78, 5) is 23.4. The van der Waals surface area contributed by atoms with E-state index in [9.17, 15) is 9.59 Å². The molecule has 0 unspecified atom stereocenters. The van der Waals surface area contributed by atoms with E-state index in [1.807, 2.05) is 0 Å². The molecule has 0 aromatic heterocycles. The maximum Gasteiger partial charge on any atom is 0.323 e. The molecule has 0 saturated carbocycles. The Labute approximate surface area is 250 Å². The number of unbranched alkanes of at least 4 members (excludes halogenated alkanes) is 25. The fraction of sp³-hybridized carbons (Fsp3) is 0.943. The van der Waals surface area contributed by atoms with Crippen LogP contribution in [0.1, 0.15) is 194 Å². The van der Waals surface area contributed by atoms with Crippen LogP contribution in [0, 0.1) is 0 Å². The number of nitrogens with two attached hydrogens (primary N) is 1. The summed E-state index contributed by atoms with van der Waals surface area (Å²) in [5.41, 5.74) is 5.48. The van der Waals surface area contributed by atoms with Crippen molar-refractivity contribution in [3.8, 4) is 0 Å². The molecular weight excluding hydrogens is 496 g/mol. The highest BCUT2D eigenvalue weighted by Crippen LogP contribution is 2.14. The number of aliphatic carboxylic acids is 1. The van der Waals surface area contributed by atoms with Crippen molar-refractivity contribution in [2.24, 2.45) is 5.73 Å². The van der Waals surface area contributed by atoms with Crippen molar-refractivity contribution in [3.05, 3.63) is 0 Å². The first-order valence-electron chi connectivity index (χ1n) is 17.6. The number of rotatable bonds is 30. The van der Waals surface area contributed by atoms with Gasteiger partial charge in [-0.25, -0.2) is 0 Å². The van der Waals surface area contributed by atoms with Crippen LogP contribution in [-0.2, 0) is 9.59 Å². The standard InChI is InChI=1S/C18H39N.C17H33NO3/c1-2-3-4-5-6-7-8-9-10-11-12-13-14-15-16-17-18-19;1-3-4-5-6-7-8-9-10-11-12-13-14-16(19)18(2)15-17(20)21/h2-19H2,1H3;3-15H2,1-2H3,(H,20,21). The minimum absolute atomic E-state index is 0.0617. The first-order valence-corrected chi connectivity index (χ1v) is 17.6. The van der Waals surface area contributed by atoms with E-state index in [2.05, 4.69) is 13.8 Å².